The number of nitrogens with one attached hydrogen (secondary N) is 1. The molecule has 1 heterocycles. The topological polar surface area (TPSA) is 27.7 Å². The largest absolute Gasteiger partial charge is 0.378 e. The van der Waals surface area contributed by atoms with Gasteiger partial charge in [-0.1, -0.05) is 12.1 Å². The third kappa shape index (κ3) is 5.30. The van der Waals surface area contributed by atoms with Gasteiger partial charge in [0.15, 0.2) is 0 Å². The van der Waals surface area contributed by atoms with E-state index in [0.717, 1.165) is 45.9 Å². The number of anilines is 1. The molecule has 1 fully saturated rings. The van der Waals surface area contributed by atoms with Crippen LogP contribution in [0, 0.1) is 0 Å². The standard InChI is InChI=1S/C17H29N3O/c1-15(2)19(3)9-8-18-14-16-4-6-17(7-5-16)20-10-12-21-13-11-20/h4-7,15,18H,8-14H2,1-3H3. The fourth-order valence-corrected chi connectivity index (χ4v) is 2.39. The van der Waals surface area contributed by atoms with Crippen molar-refractivity contribution in [1.29, 1.82) is 0 Å². The van der Waals surface area contributed by atoms with Gasteiger partial charge in [-0.2, -0.15) is 0 Å². The Hall–Kier alpha value is -1.10. The molecule has 118 valence electrons. The second kappa shape index (κ2) is 8.37. The average molecular weight is 291 g/mol. The third-order valence-electron chi connectivity index (χ3n) is 4.16. The van der Waals surface area contributed by atoms with Gasteiger partial charge in [0.1, 0.15) is 0 Å². The molecule has 0 unspecified atom stereocenters. The minimum absolute atomic E-state index is 0.611. The third-order valence-corrected chi connectivity index (χ3v) is 4.16. The van der Waals surface area contributed by atoms with Gasteiger partial charge in [0, 0.05) is 44.5 Å². The minimum Gasteiger partial charge on any atom is -0.378 e. The maximum atomic E-state index is 5.39. The Morgan fingerprint density at radius 2 is 1.86 bits per heavy atom. The minimum atomic E-state index is 0.611. The lowest BCUT2D eigenvalue weighted by molar-refractivity contribution is 0.122. The maximum absolute atomic E-state index is 5.39. The lowest BCUT2D eigenvalue weighted by Gasteiger charge is -2.29. The summed E-state index contributed by atoms with van der Waals surface area (Å²) in [5, 5.41) is 3.51. The fraction of sp³-hybridized carbons (Fsp3) is 0.647. The summed E-state index contributed by atoms with van der Waals surface area (Å²) in [6, 6.07) is 9.51. The van der Waals surface area contributed by atoms with Crippen molar-refractivity contribution < 1.29 is 4.74 Å². The summed E-state index contributed by atoms with van der Waals surface area (Å²) < 4.78 is 5.39. The van der Waals surface area contributed by atoms with Gasteiger partial charge >= 0.3 is 0 Å². The van der Waals surface area contributed by atoms with E-state index in [1.807, 2.05) is 0 Å². The number of morpholine rings is 1. The Morgan fingerprint density at radius 1 is 1.19 bits per heavy atom. The quantitative estimate of drug-likeness (QED) is 0.777. The molecule has 0 radical (unpaired) electrons. The predicted octanol–water partition coefficient (Wildman–Crippen LogP) is 1.95. The van der Waals surface area contributed by atoms with E-state index < -0.39 is 0 Å². The average Bonchev–Trinajstić information content (AvgIpc) is 2.52. The SMILES string of the molecule is CC(C)N(C)CCNCc1ccc(N2CCOCC2)cc1. The normalized spacial score (nSPS) is 16.0. The summed E-state index contributed by atoms with van der Waals surface area (Å²) in [4.78, 5) is 4.74. The predicted molar refractivity (Wildman–Crippen MR) is 88.9 cm³/mol. The zero-order chi connectivity index (χ0) is 15.1. The van der Waals surface area contributed by atoms with Crippen molar-refractivity contribution in [2.75, 3.05) is 51.3 Å². The van der Waals surface area contributed by atoms with Crippen molar-refractivity contribution in [3.63, 3.8) is 0 Å². The Bertz CT molecular complexity index is 399. The molecule has 0 aromatic heterocycles. The molecule has 21 heavy (non-hydrogen) atoms. The van der Waals surface area contributed by atoms with E-state index >= 15 is 0 Å². The molecule has 0 spiro atoms. The summed E-state index contributed by atoms with van der Waals surface area (Å²) >= 11 is 0. The summed E-state index contributed by atoms with van der Waals surface area (Å²) in [5.41, 5.74) is 2.65. The van der Waals surface area contributed by atoms with Crippen LogP contribution in [0.1, 0.15) is 19.4 Å². The molecule has 0 atom stereocenters. The lowest BCUT2D eigenvalue weighted by atomic mass is 10.2. The van der Waals surface area contributed by atoms with Gasteiger partial charge in [0.2, 0.25) is 0 Å². The van der Waals surface area contributed by atoms with E-state index in [1.165, 1.54) is 11.3 Å². The monoisotopic (exact) mass is 291 g/mol. The first kappa shape index (κ1) is 16.3. The number of likely N-dealkylation sites (N-methyl/N-ethyl adjacent to an activating group) is 1. The number of hydrogen-bond acceptors (Lipinski definition) is 4. The van der Waals surface area contributed by atoms with Gasteiger partial charge in [-0.25, -0.2) is 0 Å². The second-order valence-corrected chi connectivity index (χ2v) is 6.02. The van der Waals surface area contributed by atoms with E-state index in [2.05, 4.69) is 60.3 Å². The van der Waals surface area contributed by atoms with Crippen LogP contribution in [-0.2, 0) is 11.3 Å². The van der Waals surface area contributed by atoms with Crippen molar-refractivity contribution >= 4 is 5.69 Å². The van der Waals surface area contributed by atoms with Crippen LogP contribution >= 0.6 is 0 Å². The number of hydrogen-bond donors (Lipinski definition) is 1. The first-order valence-corrected chi connectivity index (χ1v) is 7.99. The number of nitrogens with zero attached hydrogens (tertiary/aromatic N) is 2. The zero-order valence-corrected chi connectivity index (χ0v) is 13.6. The Morgan fingerprint density at radius 3 is 2.48 bits per heavy atom. The van der Waals surface area contributed by atoms with Gasteiger partial charge in [-0.15, -0.1) is 0 Å². The van der Waals surface area contributed by atoms with Gasteiger partial charge < -0.3 is 19.9 Å². The summed E-state index contributed by atoms with van der Waals surface area (Å²) in [6.07, 6.45) is 0. The first-order chi connectivity index (χ1) is 10.2. The molecule has 1 aromatic rings. The highest BCUT2D eigenvalue weighted by Crippen LogP contribution is 2.16. The molecule has 1 N–H and O–H groups in total. The maximum Gasteiger partial charge on any atom is 0.0642 e. The molecule has 1 aliphatic heterocycles. The van der Waals surface area contributed by atoms with E-state index in [-0.39, 0.29) is 0 Å². The molecule has 1 aromatic carbocycles. The van der Waals surface area contributed by atoms with Crippen molar-refractivity contribution in [1.82, 2.24) is 10.2 Å². The fourth-order valence-electron chi connectivity index (χ4n) is 2.39. The van der Waals surface area contributed by atoms with Crippen LogP contribution in [0.15, 0.2) is 24.3 Å². The van der Waals surface area contributed by atoms with Crippen LogP contribution in [0.3, 0.4) is 0 Å². The molecular weight excluding hydrogens is 262 g/mol. The molecule has 2 rings (SSSR count). The van der Waals surface area contributed by atoms with E-state index in [1.54, 1.807) is 0 Å². The number of benzene rings is 1. The summed E-state index contributed by atoms with van der Waals surface area (Å²) in [7, 11) is 2.17. The van der Waals surface area contributed by atoms with Crippen molar-refractivity contribution in [2.24, 2.45) is 0 Å². The highest BCUT2D eigenvalue weighted by Gasteiger charge is 2.10. The lowest BCUT2D eigenvalue weighted by Crippen LogP contribution is -2.36. The number of rotatable bonds is 7. The molecule has 4 heteroatoms. The Kier molecular flexibility index (Phi) is 6.49. The Labute approximate surface area is 129 Å². The van der Waals surface area contributed by atoms with Gasteiger partial charge in [0.25, 0.3) is 0 Å². The van der Waals surface area contributed by atoms with Gasteiger partial charge in [-0.05, 0) is 38.6 Å². The molecule has 0 aliphatic carbocycles. The second-order valence-electron chi connectivity index (χ2n) is 6.02. The van der Waals surface area contributed by atoms with E-state index in [4.69, 9.17) is 4.74 Å². The van der Waals surface area contributed by atoms with Crippen molar-refractivity contribution in [2.45, 2.75) is 26.4 Å². The molecule has 0 amide bonds. The van der Waals surface area contributed by atoms with Crippen LogP contribution in [-0.4, -0.2) is 57.4 Å². The van der Waals surface area contributed by atoms with E-state index in [9.17, 15) is 0 Å². The highest BCUT2D eigenvalue weighted by molar-refractivity contribution is 5.47. The summed E-state index contributed by atoms with van der Waals surface area (Å²) in [6.45, 7) is 11.2. The van der Waals surface area contributed by atoms with Crippen molar-refractivity contribution in [3.8, 4) is 0 Å². The molecular formula is C17H29N3O. The Balaban J connectivity index is 1.72. The van der Waals surface area contributed by atoms with Crippen LogP contribution < -0.4 is 10.2 Å². The van der Waals surface area contributed by atoms with Gasteiger partial charge in [0.05, 0.1) is 13.2 Å². The number of ether oxygens (including phenoxy) is 1. The molecule has 1 saturated heterocycles. The smallest absolute Gasteiger partial charge is 0.0642 e. The molecule has 4 nitrogen and oxygen atoms in total. The molecule has 0 bridgehead atoms. The first-order valence-electron chi connectivity index (χ1n) is 7.99. The van der Waals surface area contributed by atoms with E-state index in [0.29, 0.717) is 6.04 Å². The van der Waals surface area contributed by atoms with Crippen LogP contribution in [0.5, 0.6) is 0 Å². The van der Waals surface area contributed by atoms with Gasteiger partial charge in [-0.3, -0.25) is 0 Å². The van der Waals surface area contributed by atoms with Crippen LogP contribution in [0.25, 0.3) is 0 Å². The van der Waals surface area contributed by atoms with Crippen LogP contribution in [0.2, 0.25) is 0 Å². The van der Waals surface area contributed by atoms with Crippen LogP contribution in [0.4, 0.5) is 5.69 Å². The molecule has 0 saturated carbocycles. The van der Waals surface area contributed by atoms with Crippen molar-refractivity contribution in [3.05, 3.63) is 29.8 Å². The highest BCUT2D eigenvalue weighted by atomic mass is 16.5. The molecule has 1 aliphatic rings. The summed E-state index contributed by atoms with van der Waals surface area (Å²) in [5.74, 6) is 0. The zero-order valence-electron chi connectivity index (χ0n) is 13.6.